The summed E-state index contributed by atoms with van der Waals surface area (Å²) in [5.41, 5.74) is 2.26. The Balaban J connectivity index is 1.27. The number of rotatable bonds is 4. The third kappa shape index (κ3) is 3.59. The molecule has 0 radical (unpaired) electrons. The third-order valence-corrected chi connectivity index (χ3v) is 6.81. The van der Waals surface area contributed by atoms with Crippen molar-refractivity contribution in [1.82, 2.24) is 15.5 Å². The second-order valence-electron chi connectivity index (χ2n) is 7.72. The van der Waals surface area contributed by atoms with Crippen LogP contribution in [0, 0.1) is 0 Å². The van der Waals surface area contributed by atoms with Gasteiger partial charge in [-0.3, -0.25) is 24.5 Å². The van der Waals surface area contributed by atoms with E-state index in [1.807, 2.05) is 42.5 Å². The molecular weight excluding hydrogens is 414 g/mol. The number of hydrogen-bond donors (Lipinski definition) is 2. The van der Waals surface area contributed by atoms with Gasteiger partial charge in [0.25, 0.3) is 11.8 Å². The number of carbonyl (C=O) groups is 4. The molecule has 1 aromatic heterocycles. The van der Waals surface area contributed by atoms with Gasteiger partial charge in [0.2, 0.25) is 11.8 Å². The average Bonchev–Trinajstić information content (AvgIpc) is 3.33. The quantitative estimate of drug-likeness (QED) is 0.619. The Kier molecular flexibility index (Phi) is 4.78. The van der Waals surface area contributed by atoms with Crippen LogP contribution in [-0.2, 0) is 22.7 Å². The molecule has 1 unspecified atom stereocenters. The average molecular weight is 433 g/mol. The Morgan fingerprint density at radius 2 is 1.97 bits per heavy atom. The molecule has 1 fully saturated rings. The van der Waals surface area contributed by atoms with E-state index in [9.17, 15) is 19.2 Å². The molecule has 3 heterocycles. The number of nitrogens with zero attached hydrogens (tertiary/aromatic N) is 1. The van der Waals surface area contributed by atoms with Crippen LogP contribution in [0.5, 0.6) is 0 Å². The van der Waals surface area contributed by atoms with E-state index in [2.05, 4.69) is 10.6 Å². The van der Waals surface area contributed by atoms with Crippen molar-refractivity contribution >= 4 is 45.1 Å². The Hall–Kier alpha value is -3.52. The maximum Gasteiger partial charge on any atom is 0.261 e. The van der Waals surface area contributed by atoms with Gasteiger partial charge >= 0.3 is 0 Å². The summed E-state index contributed by atoms with van der Waals surface area (Å²) in [5, 5.41) is 6.28. The van der Waals surface area contributed by atoms with Gasteiger partial charge in [0.1, 0.15) is 6.04 Å². The van der Waals surface area contributed by atoms with Gasteiger partial charge in [-0.1, -0.05) is 30.3 Å². The number of benzene rings is 2. The van der Waals surface area contributed by atoms with E-state index in [0.717, 1.165) is 21.2 Å². The van der Waals surface area contributed by atoms with E-state index in [0.29, 0.717) is 30.0 Å². The third-order valence-electron chi connectivity index (χ3n) is 5.69. The van der Waals surface area contributed by atoms with Crippen molar-refractivity contribution in [3.63, 3.8) is 0 Å². The smallest absolute Gasteiger partial charge is 0.261 e. The number of nitrogens with one attached hydrogen (secondary N) is 2. The SMILES string of the molecule is O=C1CCC(N2Cc3cc(CNC(=O)c4cc5ccccc5s4)ccc3C2=O)C(=O)N1. The van der Waals surface area contributed by atoms with E-state index in [1.165, 1.54) is 16.2 Å². The van der Waals surface area contributed by atoms with Crippen LogP contribution < -0.4 is 10.6 Å². The molecule has 1 atom stereocenters. The zero-order chi connectivity index (χ0) is 21.5. The zero-order valence-corrected chi connectivity index (χ0v) is 17.3. The Morgan fingerprint density at radius 3 is 2.77 bits per heavy atom. The summed E-state index contributed by atoms with van der Waals surface area (Å²) >= 11 is 1.45. The van der Waals surface area contributed by atoms with Crippen molar-refractivity contribution in [3.05, 3.63) is 70.1 Å². The maximum atomic E-state index is 12.8. The predicted molar refractivity (Wildman–Crippen MR) is 115 cm³/mol. The van der Waals surface area contributed by atoms with E-state index in [4.69, 9.17) is 0 Å². The lowest BCUT2D eigenvalue weighted by molar-refractivity contribution is -0.136. The van der Waals surface area contributed by atoms with Crippen molar-refractivity contribution in [2.24, 2.45) is 0 Å². The van der Waals surface area contributed by atoms with Crippen molar-refractivity contribution in [2.45, 2.75) is 32.0 Å². The fourth-order valence-corrected chi connectivity index (χ4v) is 5.08. The molecule has 31 heavy (non-hydrogen) atoms. The molecule has 0 saturated carbocycles. The van der Waals surface area contributed by atoms with Crippen LogP contribution in [0.2, 0.25) is 0 Å². The number of piperidine rings is 1. The summed E-state index contributed by atoms with van der Waals surface area (Å²) in [6, 6.07) is 14.6. The Morgan fingerprint density at radius 1 is 1.13 bits per heavy atom. The molecule has 5 rings (SSSR count). The zero-order valence-electron chi connectivity index (χ0n) is 16.5. The van der Waals surface area contributed by atoms with E-state index >= 15 is 0 Å². The van der Waals surface area contributed by atoms with Gasteiger partial charge in [0, 0.05) is 29.8 Å². The van der Waals surface area contributed by atoms with Crippen LogP contribution in [0.25, 0.3) is 10.1 Å². The van der Waals surface area contributed by atoms with E-state index < -0.39 is 11.9 Å². The van der Waals surface area contributed by atoms with Crippen molar-refractivity contribution < 1.29 is 19.2 Å². The predicted octanol–water partition coefficient (Wildman–Crippen LogP) is 2.59. The van der Waals surface area contributed by atoms with Crippen LogP contribution in [0.15, 0.2) is 48.5 Å². The standard InChI is InChI=1S/C23H19N3O4S/c27-20-8-7-17(21(28)25-20)26-12-15-9-13(5-6-16(15)23(26)30)11-24-22(29)19-10-14-3-1-2-4-18(14)31-19/h1-6,9-10,17H,7-8,11-12H2,(H,24,29)(H,25,27,28). The van der Waals surface area contributed by atoms with Crippen LogP contribution in [0.4, 0.5) is 0 Å². The van der Waals surface area contributed by atoms with Gasteiger partial charge in [-0.25, -0.2) is 0 Å². The first kappa shape index (κ1) is 19.4. The molecule has 2 aromatic carbocycles. The minimum Gasteiger partial charge on any atom is -0.347 e. The first-order valence-corrected chi connectivity index (χ1v) is 10.8. The molecule has 1 saturated heterocycles. The largest absolute Gasteiger partial charge is 0.347 e. The molecular formula is C23H19N3O4S. The number of amides is 4. The lowest BCUT2D eigenvalue weighted by Gasteiger charge is -2.29. The van der Waals surface area contributed by atoms with Gasteiger partial charge in [0.15, 0.2) is 0 Å². The number of fused-ring (bicyclic) bond motifs is 2. The molecule has 3 aromatic rings. The molecule has 2 N–H and O–H groups in total. The van der Waals surface area contributed by atoms with E-state index in [1.54, 1.807) is 6.07 Å². The van der Waals surface area contributed by atoms with Crippen LogP contribution in [0.1, 0.15) is 44.0 Å². The van der Waals surface area contributed by atoms with E-state index in [-0.39, 0.29) is 24.1 Å². The van der Waals surface area contributed by atoms with Gasteiger partial charge < -0.3 is 10.2 Å². The van der Waals surface area contributed by atoms with Crippen molar-refractivity contribution in [3.8, 4) is 0 Å². The van der Waals surface area contributed by atoms with Crippen LogP contribution in [-0.4, -0.2) is 34.6 Å². The molecule has 156 valence electrons. The fourth-order valence-electron chi connectivity index (χ4n) is 4.10. The normalized spacial score (nSPS) is 18.3. The molecule has 4 amide bonds. The fraction of sp³-hybridized carbons (Fsp3) is 0.217. The van der Waals surface area contributed by atoms with Gasteiger partial charge in [-0.15, -0.1) is 11.3 Å². The molecule has 0 spiro atoms. The molecule has 2 aliphatic heterocycles. The highest BCUT2D eigenvalue weighted by atomic mass is 32.1. The second-order valence-corrected chi connectivity index (χ2v) is 8.81. The highest BCUT2D eigenvalue weighted by molar-refractivity contribution is 7.20. The van der Waals surface area contributed by atoms with Gasteiger partial charge in [-0.05, 0) is 41.1 Å². The highest BCUT2D eigenvalue weighted by Crippen LogP contribution is 2.28. The Labute approximate surface area is 182 Å². The summed E-state index contributed by atoms with van der Waals surface area (Å²) in [6.45, 7) is 0.658. The summed E-state index contributed by atoms with van der Waals surface area (Å²) in [4.78, 5) is 51.0. The summed E-state index contributed by atoms with van der Waals surface area (Å²) in [7, 11) is 0. The van der Waals surface area contributed by atoms with Crippen LogP contribution >= 0.6 is 11.3 Å². The molecule has 8 heteroatoms. The van der Waals surface area contributed by atoms with Gasteiger partial charge in [-0.2, -0.15) is 0 Å². The highest BCUT2D eigenvalue weighted by Gasteiger charge is 2.39. The minimum atomic E-state index is -0.631. The van der Waals surface area contributed by atoms with Crippen molar-refractivity contribution in [2.75, 3.05) is 0 Å². The first-order valence-electron chi connectivity index (χ1n) is 10.0. The van der Waals surface area contributed by atoms with Crippen LogP contribution in [0.3, 0.4) is 0 Å². The summed E-state index contributed by atoms with van der Waals surface area (Å²) < 4.78 is 1.07. The topological polar surface area (TPSA) is 95.6 Å². The molecule has 2 aliphatic rings. The van der Waals surface area contributed by atoms with Gasteiger partial charge in [0.05, 0.1) is 4.88 Å². The number of thiophene rings is 1. The molecule has 0 aliphatic carbocycles. The second kappa shape index (κ2) is 7.63. The summed E-state index contributed by atoms with van der Waals surface area (Å²) in [5.74, 6) is -1.07. The monoisotopic (exact) mass is 433 g/mol. The Bertz CT molecular complexity index is 1220. The number of imide groups is 1. The number of hydrogen-bond acceptors (Lipinski definition) is 5. The first-order chi connectivity index (χ1) is 15.0. The lowest BCUT2D eigenvalue weighted by atomic mass is 10.0. The minimum absolute atomic E-state index is 0.136. The maximum absolute atomic E-state index is 12.8. The number of carbonyl (C=O) groups excluding carboxylic acids is 4. The molecule has 7 nitrogen and oxygen atoms in total. The summed E-state index contributed by atoms with van der Waals surface area (Å²) in [6.07, 6.45) is 0.564. The molecule has 0 bridgehead atoms. The van der Waals surface area contributed by atoms with Crippen molar-refractivity contribution in [1.29, 1.82) is 0 Å². The lowest BCUT2D eigenvalue weighted by Crippen LogP contribution is -2.52.